The summed E-state index contributed by atoms with van der Waals surface area (Å²) in [6.07, 6.45) is 2.23. The summed E-state index contributed by atoms with van der Waals surface area (Å²) in [4.78, 5) is 27.1. The second kappa shape index (κ2) is 11.4. The largest absolute Gasteiger partial charge is 0.497 e. The average Bonchev–Trinajstić information content (AvgIpc) is 2.83. The van der Waals surface area contributed by atoms with Gasteiger partial charge in [-0.3, -0.25) is 14.3 Å². The fourth-order valence-electron chi connectivity index (χ4n) is 3.82. The number of likely N-dealkylation sites (tertiary alicyclic amines) is 1. The molecule has 184 valence electrons. The van der Waals surface area contributed by atoms with Gasteiger partial charge < -0.3 is 15.0 Å². The highest BCUT2D eigenvalue weighted by atomic mass is 32.2. The summed E-state index contributed by atoms with van der Waals surface area (Å²) in [7, 11) is -2.32. The lowest BCUT2D eigenvalue weighted by Gasteiger charge is -2.31. The molecule has 8 nitrogen and oxygen atoms in total. The van der Waals surface area contributed by atoms with E-state index in [1.54, 1.807) is 41.3 Å². The maximum Gasteiger partial charge on any atom is 0.262 e. The molecule has 0 aromatic heterocycles. The van der Waals surface area contributed by atoms with Crippen LogP contribution in [-0.2, 0) is 14.8 Å². The van der Waals surface area contributed by atoms with Crippen LogP contribution in [-0.4, -0.2) is 51.9 Å². The summed E-state index contributed by atoms with van der Waals surface area (Å²) in [5.41, 5.74) is 0.834. The smallest absolute Gasteiger partial charge is 0.262 e. The summed E-state index contributed by atoms with van der Waals surface area (Å²) in [5.74, 6) is 0.870. The van der Waals surface area contributed by atoms with E-state index in [4.69, 9.17) is 4.74 Å². The average molecular weight is 488 g/mol. The first-order valence-electron chi connectivity index (χ1n) is 11.5. The number of methoxy groups -OCH3 is 1. The van der Waals surface area contributed by atoms with Gasteiger partial charge in [-0.2, -0.15) is 0 Å². The third-order valence-electron chi connectivity index (χ3n) is 5.91. The molecule has 0 saturated carbocycles. The molecule has 0 atom stereocenters. The van der Waals surface area contributed by atoms with Gasteiger partial charge >= 0.3 is 0 Å². The summed E-state index contributed by atoms with van der Waals surface area (Å²) >= 11 is 0. The van der Waals surface area contributed by atoms with E-state index < -0.39 is 10.0 Å². The van der Waals surface area contributed by atoms with Crippen molar-refractivity contribution in [1.82, 2.24) is 10.2 Å². The topological polar surface area (TPSA) is 105 Å². The summed E-state index contributed by atoms with van der Waals surface area (Å²) < 4.78 is 32.9. The normalized spacial score (nSPS) is 14.6. The SMILES string of the molecule is COc1cccc(S(=O)(=O)Nc2ccc(C(=O)N3CCC(C(=O)NCCC(C)C)CC3)cc2)c1. The van der Waals surface area contributed by atoms with E-state index in [1.165, 1.54) is 19.2 Å². The molecular formula is C25H33N3O5S. The Morgan fingerprint density at radius 3 is 2.38 bits per heavy atom. The number of carbonyl (C=O) groups is 2. The molecule has 0 unspecified atom stereocenters. The maximum absolute atomic E-state index is 12.9. The highest BCUT2D eigenvalue weighted by Crippen LogP contribution is 2.22. The van der Waals surface area contributed by atoms with E-state index in [0.717, 1.165) is 6.42 Å². The first-order valence-corrected chi connectivity index (χ1v) is 13.0. The molecule has 0 spiro atoms. The first-order chi connectivity index (χ1) is 16.2. The minimum Gasteiger partial charge on any atom is -0.497 e. The number of carbonyl (C=O) groups excluding carboxylic acids is 2. The Bertz CT molecular complexity index is 1090. The van der Waals surface area contributed by atoms with Crippen LogP contribution in [0.2, 0.25) is 0 Å². The number of amides is 2. The van der Waals surface area contributed by atoms with Crippen molar-refractivity contribution >= 4 is 27.5 Å². The van der Waals surface area contributed by atoms with E-state index in [2.05, 4.69) is 23.9 Å². The molecule has 1 saturated heterocycles. The van der Waals surface area contributed by atoms with Gasteiger partial charge in [-0.05, 0) is 61.6 Å². The molecule has 1 fully saturated rings. The van der Waals surface area contributed by atoms with Gasteiger partial charge in [-0.1, -0.05) is 19.9 Å². The van der Waals surface area contributed by atoms with Gasteiger partial charge in [0.15, 0.2) is 0 Å². The van der Waals surface area contributed by atoms with E-state index in [0.29, 0.717) is 55.4 Å². The van der Waals surface area contributed by atoms with Crippen molar-refractivity contribution in [3.05, 3.63) is 54.1 Å². The van der Waals surface area contributed by atoms with Crippen LogP contribution in [0.15, 0.2) is 53.4 Å². The van der Waals surface area contributed by atoms with Gasteiger partial charge in [0.25, 0.3) is 15.9 Å². The minimum atomic E-state index is -3.79. The molecule has 1 aliphatic heterocycles. The molecule has 1 aliphatic rings. The fraction of sp³-hybridized carbons (Fsp3) is 0.440. The van der Waals surface area contributed by atoms with Crippen molar-refractivity contribution in [1.29, 1.82) is 0 Å². The van der Waals surface area contributed by atoms with Crippen molar-refractivity contribution < 1.29 is 22.7 Å². The van der Waals surface area contributed by atoms with Gasteiger partial charge in [-0.25, -0.2) is 8.42 Å². The quantitative estimate of drug-likeness (QED) is 0.563. The first kappa shape index (κ1) is 25.6. The molecule has 0 aliphatic carbocycles. The van der Waals surface area contributed by atoms with Crippen LogP contribution in [0.5, 0.6) is 5.75 Å². The molecule has 2 amide bonds. The summed E-state index contributed by atoms with van der Waals surface area (Å²) in [6.45, 7) is 5.97. The lowest BCUT2D eigenvalue weighted by molar-refractivity contribution is -0.126. The Labute approximate surface area is 201 Å². The summed E-state index contributed by atoms with van der Waals surface area (Å²) in [6, 6.07) is 12.5. The number of anilines is 1. The zero-order chi connectivity index (χ0) is 24.7. The number of hydrogen-bond donors (Lipinski definition) is 2. The Morgan fingerprint density at radius 1 is 1.09 bits per heavy atom. The van der Waals surface area contributed by atoms with Crippen molar-refractivity contribution in [3.8, 4) is 5.75 Å². The molecular weight excluding hydrogens is 454 g/mol. The number of piperidine rings is 1. The number of nitrogens with one attached hydrogen (secondary N) is 2. The van der Waals surface area contributed by atoms with Crippen LogP contribution < -0.4 is 14.8 Å². The molecule has 2 aromatic rings. The molecule has 2 N–H and O–H groups in total. The minimum absolute atomic E-state index is 0.0652. The monoisotopic (exact) mass is 487 g/mol. The molecule has 3 rings (SSSR count). The van der Waals surface area contributed by atoms with Crippen LogP contribution in [0, 0.1) is 11.8 Å². The third kappa shape index (κ3) is 6.72. The Morgan fingerprint density at radius 2 is 1.76 bits per heavy atom. The molecule has 34 heavy (non-hydrogen) atoms. The number of hydrogen-bond acceptors (Lipinski definition) is 5. The van der Waals surface area contributed by atoms with Gasteiger partial charge in [0.2, 0.25) is 5.91 Å². The van der Waals surface area contributed by atoms with Crippen molar-refractivity contribution in [2.75, 3.05) is 31.5 Å². The Kier molecular flexibility index (Phi) is 8.55. The number of benzene rings is 2. The van der Waals surface area contributed by atoms with Crippen LogP contribution in [0.3, 0.4) is 0 Å². The van der Waals surface area contributed by atoms with Gasteiger partial charge in [0.05, 0.1) is 12.0 Å². The Hall–Kier alpha value is -3.07. The zero-order valence-corrected chi connectivity index (χ0v) is 20.7. The van der Waals surface area contributed by atoms with Crippen molar-refractivity contribution in [3.63, 3.8) is 0 Å². The molecule has 0 bridgehead atoms. The highest BCUT2D eigenvalue weighted by Gasteiger charge is 2.27. The predicted octanol–water partition coefficient (Wildman–Crippen LogP) is 3.51. The maximum atomic E-state index is 12.9. The standard InChI is InChI=1S/C25H33N3O5S/c1-18(2)11-14-26-24(29)19-12-15-28(16-13-19)25(30)20-7-9-21(10-8-20)27-34(31,32)23-6-4-5-22(17-23)33-3/h4-10,17-19,27H,11-16H2,1-3H3,(H,26,29). The van der Waals surface area contributed by atoms with Crippen molar-refractivity contribution in [2.24, 2.45) is 11.8 Å². The number of ether oxygens (including phenoxy) is 1. The van der Waals surface area contributed by atoms with E-state index >= 15 is 0 Å². The number of rotatable bonds is 9. The van der Waals surface area contributed by atoms with E-state index in [-0.39, 0.29) is 22.6 Å². The molecule has 0 radical (unpaired) electrons. The van der Waals surface area contributed by atoms with Gasteiger partial charge in [0, 0.05) is 42.9 Å². The van der Waals surface area contributed by atoms with Crippen molar-refractivity contribution in [2.45, 2.75) is 38.0 Å². The van der Waals surface area contributed by atoms with Crippen LogP contribution in [0.1, 0.15) is 43.5 Å². The van der Waals surface area contributed by atoms with Gasteiger partial charge in [0.1, 0.15) is 5.75 Å². The highest BCUT2D eigenvalue weighted by molar-refractivity contribution is 7.92. The zero-order valence-electron chi connectivity index (χ0n) is 19.9. The third-order valence-corrected chi connectivity index (χ3v) is 7.29. The number of nitrogens with zero attached hydrogens (tertiary/aromatic N) is 1. The second-order valence-electron chi connectivity index (χ2n) is 8.90. The van der Waals surface area contributed by atoms with Gasteiger partial charge in [-0.15, -0.1) is 0 Å². The predicted molar refractivity (Wildman–Crippen MR) is 131 cm³/mol. The Balaban J connectivity index is 1.55. The molecule has 1 heterocycles. The summed E-state index contributed by atoms with van der Waals surface area (Å²) in [5, 5.41) is 3.00. The lowest BCUT2D eigenvalue weighted by atomic mass is 9.95. The second-order valence-corrected chi connectivity index (χ2v) is 10.6. The fourth-order valence-corrected chi connectivity index (χ4v) is 4.91. The van der Waals surface area contributed by atoms with Crippen LogP contribution in [0.4, 0.5) is 5.69 Å². The van der Waals surface area contributed by atoms with Crippen LogP contribution in [0.25, 0.3) is 0 Å². The van der Waals surface area contributed by atoms with E-state index in [9.17, 15) is 18.0 Å². The van der Waals surface area contributed by atoms with E-state index in [1.807, 2.05) is 0 Å². The molecule has 9 heteroatoms. The molecule has 2 aromatic carbocycles. The lowest BCUT2D eigenvalue weighted by Crippen LogP contribution is -2.43. The van der Waals surface area contributed by atoms with Crippen LogP contribution >= 0.6 is 0 Å². The number of sulfonamides is 1.